The minimum absolute atomic E-state index is 0. The number of anilines is 1. The summed E-state index contributed by atoms with van der Waals surface area (Å²) in [6.07, 6.45) is 3.66. The third-order valence-corrected chi connectivity index (χ3v) is 4.63. The molecule has 0 spiro atoms. The van der Waals surface area contributed by atoms with Crippen LogP contribution in [0.1, 0.15) is 36.9 Å². The second-order valence-electron chi connectivity index (χ2n) is 6.80. The first kappa shape index (κ1) is 20.4. The molecule has 0 bridgehead atoms. The molecule has 2 heterocycles. The van der Waals surface area contributed by atoms with Crippen molar-refractivity contribution in [3.05, 3.63) is 59.9 Å². The predicted molar refractivity (Wildman–Crippen MR) is 108 cm³/mol. The summed E-state index contributed by atoms with van der Waals surface area (Å²) in [6, 6.07) is 12.3. The Bertz CT molecular complexity index is 691. The lowest BCUT2D eigenvalue weighted by Gasteiger charge is -2.35. The number of pyridine rings is 1. The molecule has 1 fully saturated rings. The zero-order chi connectivity index (χ0) is 17.6. The van der Waals surface area contributed by atoms with E-state index in [2.05, 4.69) is 52.6 Å². The number of hydrogen-bond acceptors (Lipinski definition) is 4. The maximum absolute atomic E-state index is 12.5. The summed E-state index contributed by atoms with van der Waals surface area (Å²) in [4.78, 5) is 18.9. The van der Waals surface area contributed by atoms with Crippen molar-refractivity contribution in [2.24, 2.45) is 0 Å². The Morgan fingerprint density at radius 2 is 2.08 bits per heavy atom. The van der Waals surface area contributed by atoms with Gasteiger partial charge in [-0.15, -0.1) is 12.4 Å². The highest BCUT2D eigenvalue weighted by Crippen LogP contribution is 2.21. The van der Waals surface area contributed by atoms with Gasteiger partial charge in [-0.05, 0) is 35.2 Å². The highest BCUT2D eigenvalue weighted by atomic mass is 35.5. The van der Waals surface area contributed by atoms with Gasteiger partial charge in [-0.25, -0.2) is 0 Å². The number of carbonyl (C=O) groups is 1. The summed E-state index contributed by atoms with van der Waals surface area (Å²) in [6.45, 7) is 7.29. The number of aromatic nitrogens is 1. The highest BCUT2D eigenvalue weighted by molar-refractivity contribution is 5.92. The fraction of sp³-hybridized carbons (Fsp3) is 0.400. The molecule has 0 saturated carbocycles. The van der Waals surface area contributed by atoms with Crippen LogP contribution in [0, 0.1) is 0 Å². The van der Waals surface area contributed by atoms with E-state index in [1.807, 2.05) is 24.4 Å². The van der Waals surface area contributed by atoms with Gasteiger partial charge in [-0.2, -0.15) is 0 Å². The van der Waals surface area contributed by atoms with Gasteiger partial charge in [0.1, 0.15) is 0 Å². The SMILES string of the molecule is CC(C)c1ccc(NC(=O)CN2CCNCC2c2cccnc2)cc1.Cl. The Morgan fingerprint density at radius 1 is 1.31 bits per heavy atom. The fourth-order valence-electron chi connectivity index (χ4n) is 3.17. The molecule has 1 aliphatic rings. The zero-order valence-corrected chi connectivity index (χ0v) is 16.1. The average Bonchev–Trinajstić information content (AvgIpc) is 2.63. The van der Waals surface area contributed by atoms with Crippen LogP contribution in [0.4, 0.5) is 5.69 Å². The quantitative estimate of drug-likeness (QED) is 0.843. The first-order valence-corrected chi connectivity index (χ1v) is 8.88. The third-order valence-electron chi connectivity index (χ3n) is 4.63. The van der Waals surface area contributed by atoms with Gasteiger partial charge in [0, 0.05) is 43.8 Å². The summed E-state index contributed by atoms with van der Waals surface area (Å²) in [5.74, 6) is 0.513. The minimum atomic E-state index is 0. The van der Waals surface area contributed by atoms with Gasteiger partial charge in [0.25, 0.3) is 0 Å². The lowest BCUT2D eigenvalue weighted by molar-refractivity contribution is -0.118. The van der Waals surface area contributed by atoms with E-state index in [9.17, 15) is 4.79 Å². The first-order chi connectivity index (χ1) is 12.1. The van der Waals surface area contributed by atoms with Gasteiger partial charge < -0.3 is 10.6 Å². The smallest absolute Gasteiger partial charge is 0.238 e. The molecule has 1 aromatic carbocycles. The van der Waals surface area contributed by atoms with Gasteiger partial charge in [0.15, 0.2) is 0 Å². The molecule has 2 N–H and O–H groups in total. The average molecular weight is 375 g/mol. The van der Waals surface area contributed by atoms with Crippen molar-refractivity contribution < 1.29 is 4.79 Å². The third kappa shape index (κ3) is 5.27. The Kier molecular flexibility index (Phi) is 7.57. The van der Waals surface area contributed by atoms with Crippen molar-refractivity contribution in [1.29, 1.82) is 0 Å². The van der Waals surface area contributed by atoms with E-state index < -0.39 is 0 Å². The van der Waals surface area contributed by atoms with Gasteiger partial charge in [-0.3, -0.25) is 14.7 Å². The van der Waals surface area contributed by atoms with E-state index in [0.29, 0.717) is 12.5 Å². The molecule has 6 heteroatoms. The number of rotatable bonds is 5. The van der Waals surface area contributed by atoms with Crippen LogP contribution in [0.15, 0.2) is 48.8 Å². The van der Waals surface area contributed by atoms with Crippen LogP contribution in [0.2, 0.25) is 0 Å². The molecule has 1 aliphatic heterocycles. The van der Waals surface area contributed by atoms with Crippen molar-refractivity contribution >= 4 is 24.0 Å². The molecular formula is C20H27ClN4O. The minimum Gasteiger partial charge on any atom is -0.325 e. The van der Waals surface area contributed by atoms with Crippen LogP contribution in [0.25, 0.3) is 0 Å². The number of halogens is 1. The molecule has 0 aliphatic carbocycles. The lowest BCUT2D eigenvalue weighted by atomic mass is 10.0. The second kappa shape index (κ2) is 9.67. The van der Waals surface area contributed by atoms with Crippen molar-refractivity contribution in [2.75, 3.05) is 31.5 Å². The maximum Gasteiger partial charge on any atom is 0.238 e. The molecule has 0 radical (unpaired) electrons. The predicted octanol–water partition coefficient (Wildman–Crippen LogP) is 3.21. The Balaban J connectivity index is 0.00000243. The number of benzene rings is 1. The fourth-order valence-corrected chi connectivity index (χ4v) is 3.17. The van der Waals surface area contributed by atoms with Crippen molar-refractivity contribution in [2.45, 2.75) is 25.8 Å². The van der Waals surface area contributed by atoms with Crippen LogP contribution in [0.3, 0.4) is 0 Å². The van der Waals surface area contributed by atoms with Crippen molar-refractivity contribution in [3.63, 3.8) is 0 Å². The molecule has 5 nitrogen and oxygen atoms in total. The summed E-state index contributed by atoms with van der Waals surface area (Å²) in [7, 11) is 0. The van der Waals surface area contributed by atoms with E-state index in [1.54, 1.807) is 6.20 Å². The van der Waals surface area contributed by atoms with E-state index >= 15 is 0 Å². The van der Waals surface area contributed by atoms with Crippen LogP contribution in [0.5, 0.6) is 0 Å². The highest BCUT2D eigenvalue weighted by Gasteiger charge is 2.25. The molecule has 1 aromatic heterocycles. The van der Waals surface area contributed by atoms with Crippen molar-refractivity contribution in [1.82, 2.24) is 15.2 Å². The van der Waals surface area contributed by atoms with Crippen LogP contribution >= 0.6 is 12.4 Å². The molecule has 1 amide bonds. The van der Waals surface area contributed by atoms with E-state index in [4.69, 9.17) is 0 Å². The van der Waals surface area contributed by atoms with Gasteiger partial charge in [-0.1, -0.05) is 32.0 Å². The maximum atomic E-state index is 12.5. The summed E-state index contributed by atoms with van der Waals surface area (Å²) in [5.41, 5.74) is 3.27. The van der Waals surface area contributed by atoms with E-state index in [-0.39, 0.29) is 24.4 Å². The van der Waals surface area contributed by atoms with Crippen molar-refractivity contribution in [3.8, 4) is 0 Å². The van der Waals surface area contributed by atoms with Gasteiger partial charge in [0.05, 0.1) is 6.54 Å². The Labute approximate surface area is 161 Å². The topological polar surface area (TPSA) is 57.3 Å². The van der Waals surface area contributed by atoms with Crippen LogP contribution < -0.4 is 10.6 Å². The Hall–Kier alpha value is -1.95. The molecule has 3 rings (SSSR count). The largest absolute Gasteiger partial charge is 0.325 e. The number of piperazine rings is 1. The second-order valence-corrected chi connectivity index (χ2v) is 6.80. The monoisotopic (exact) mass is 374 g/mol. The number of carbonyl (C=O) groups excluding carboxylic acids is 1. The molecule has 140 valence electrons. The molecule has 2 aromatic rings. The standard InChI is InChI=1S/C20H26N4O.ClH/c1-15(2)16-5-7-18(8-6-16)23-20(25)14-24-11-10-22-13-19(24)17-4-3-9-21-12-17;/h3-9,12,15,19,22H,10-11,13-14H2,1-2H3,(H,23,25);1H. The lowest BCUT2D eigenvalue weighted by Crippen LogP contribution is -2.48. The first-order valence-electron chi connectivity index (χ1n) is 8.88. The normalized spacial score (nSPS) is 17.6. The van der Waals surface area contributed by atoms with E-state index in [1.165, 1.54) is 5.56 Å². The van der Waals surface area contributed by atoms with Crippen LogP contribution in [-0.2, 0) is 4.79 Å². The summed E-state index contributed by atoms with van der Waals surface area (Å²) in [5, 5.41) is 6.41. The molecule has 26 heavy (non-hydrogen) atoms. The Morgan fingerprint density at radius 3 is 2.73 bits per heavy atom. The number of nitrogens with one attached hydrogen (secondary N) is 2. The zero-order valence-electron chi connectivity index (χ0n) is 15.3. The van der Waals surface area contributed by atoms with E-state index in [0.717, 1.165) is 30.9 Å². The molecular weight excluding hydrogens is 348 g/mol. The number of amides is 1. The summed E-state index contributed by atoms with van der Waals surface area (Å²) < 4.78 is 0. The summed E-state index contributed by atoms with van der Waals surface area (Å²) >= 11 is 0. The molecule has 1 saturated heterocycles. The molecule has 1 atom stereocenters. The van der Waals surface area contributed by atoms with Crippen LogP contribution in [-0.4, -0.2) is 42.0 Å². The molecule has 1 unspecified atom stereocenters. The van der Waals surface area contributed by atoms with Gasteiger partial charge in [0.2, 0.25) is 5.91 Å². The number of hydrogen-bond donors (Lipinski definition) is 2. The number of nitrogens with zero attached hydrogens (tertiary/aromatic N) is 2. The van der Waals surface area contributed by atoms with Gasteiger partial charge >= 0.3 is 0 Å².